The summed E-state index contributed by atoms with van der Waals surface area (Å²) in [5.41, 5.74) is 0.808. The average Bonchev–Trinajstić information content (AvgIpc) is 2.87. The molecule has 1 N–H and O–H groups in total. The number of rotatable bonds is 5. The lowest BCUT2D eigenvalue weighted by molar-refractivity contribution is 0.400. The minimum atomic E-state index is 0. The second kappa shape index (κ2) is 8.39. The van der Waals surface area contributed by atoms with Crippen molar-refractivity contribution in [2.75, 3.05) is 7.05 Å². The third-order valence-corrected chi connectivity index (χ3v) is 3.41. The zero-order valence-corrected chi connectivity index (χ0v) is 14.0. The molecule has 1 heterocycles. The Morgan fingerprint density at radius 1 is 1.33 bits per heavy atom. The summed E-state index contributed by atoms with van der Waals surface area (Å²) in [6, 6.07) is 5.57. The van der Waals surface area contributed by atoms with Crippen LogP contribution in [0, 0.1) is 0 Å². The molecule has 1 aromatic heterocycles. The van der Waals surface area contributed by atoms with Crippen molar-refractivity contribution in [3.05, 3.63) is 45.5 Å². The van der Waals surface area contributed by atoms with E-state index >= 15 is 0 Å². The fourth-order valence-electron chi connectivity index (χ4n) is 1.60. The molecule has 1 atom stereocenters. The highest BCUT2D eigenvalue weighted by Crippen LogP contribution is 2.22. The maximum atomic E-state index is 6.07. The Kier molecular flexibility index (Phi) is 7.18. The van der Waals surface area contributed by atoms with Crippen LogP contribution >= 0.6 is 35.6 Å². The molecule has 0 aliphatic heterocycles. The van der Waals surface area contributed by atoms with Gasteiger partial charge in [0.05, 0.1) is 0 Å². The molecule has 0 aliphatic rings. The number of nitrogens with one attached hydrogen (secondary N) is 1. The van der Waals surface area contributed by atoms with Crippen molar-refractivity contribution in [2.24, 2.45) is 0 Å². The van der Waals surface area contributed by atoms with Gasteiger partial charge in [0.2, 0.25) is 0 Å². The summed E-state index contributed by atoms with van der Waals surface area (Å²) in [5, 5.41) is 8.29. The van der Waals surface area contributed by atoms with Gasteiger partial charge in [-0.1, -0.05) is 28.4 Å². The second-order valence-corrected chi connectivity index (χ2v) is 5.29. The van der Waals surface area contributed by atoms with E-state index in [2.05, 4.69) is 22.4 Å². The summed E-state index contributed by atoms with van der Waals surface area (Å²) in [7, 11) is 1.90. The number of nitrogens with zero attached hydrogens (tertiary/aromatic N) is 2. The molecule has 2 aromatic rings. The fourth-order valence-corrected chi connectivity index (χ4v) is 1.96. The van der Waals surface area contributed by atoms with Gasteiger partial charge in [-0.2, -0.15) is 4.98 Å². The molecule has 4 nitrogen and oxygen atoms in total. The molecule has 0 aliphatic carbocycles. The molecular formula is C14H16Cl3N3O. The first kappa shape index (κ1) is 18.0. The summed E-state index contributed by atoms with van der Waals surface area (Å²) in [6.07, 6.45) is 4.23. The molecule has 0 amide bonds. The van der Waals surface area contributed by atoms with Crippen LogP contribution in [0.3, 0.4) is 0 Å². The number of hydrogen-bond acceptors (Lipinski definition) is 4. The summed E-state index contributed by atoms with van der Waals surface area (Å²) in [4.78, 5) is 4.28. The Balaban J connectivity index is 0.00000220. The Bertz CT molecular complexity index is 613. The van der Waals surface area contributed by atoms with Crippen molar-refractivity contribution in [1.29, 1.82) is 0 Å². The van der Waals surface area contributed by atoms with E-state index in [-0.39, 0.29) is 12.4 Å². The molecule has 7 heteroatoms. The van der Waals surface area contributed by atoms with Gasteiger partial charge >= 0.3 is 0 Å². The minimum Gasteiger partial charge on any atom is -0.335 e. The van der Waals surface area contributed by atoms with Crippen LogP contribution in [0.15, 0.2) is 22.7 Å². The quantitative estimate of drug-likeness (QED) is 0.883. The molecule has 0 saturated heterocycles. The fraction of sp³-hybridized carbons (Fsp3) is 0.286. The zero-order chi connectivity index (χ0) is 14.5. The first-order chi connectivity index (χ1) is 9.58. The highest BCUT2D eigenvalue weighted by Gasteiger charge is 2.07. The Morgan fingerprint density at radius 2 is 2.10 bits per heavy atom. The third kappa shape index (κ3) is 5.32. The maximum absolute atomic E-state index is 6.07. The van der Waals surface area contributed by atoms with Crippen molar-refractivity contribution in [1.82, 2.24) is 15.5 Å². The molecule has 114 valence electrons. The Labute approximate surface area is 139 Å². The van der Waals surface area contributed by atoms with Gasteiger partial charge in [-0.3, -0.25) is 0 Å². The summed E-state index contributed by atoms with van der Waals surface area (Å²) < 4.78 is 5.15. The minimum absolute atomic E-state index is 0. The van der Waals surface area contributed by atoms with E-state index in [4.69, 9.17) is 27.7 Å². The van der Waals surface area contributed by atoms with E-state index in [9.17, 15) is 0 Å². The lowest BCUT2D eigenvalue weighted by Gasteiger charge is -2.04. The molecule has 2 rings (SSSR count). The Hall–Kier alpha value is -1.07. The van der Waals surface area contributed by atoms with Gasteiger partial charge in [0.1, 0.15) is 0 Å². The number of hydrogen-bond donors (Lipinski definition) is 1. The molecule has 0 radical (unpaired) electrons. The van der Waals surface area contributed by atoms with Gasteiger partial charge in [0.25, 0.3) is 5.89 Å². The highest BCUT2D eigenvalue weighted by molar-refractivity contribution is 6.34. The van der Waals surface area contributed by atoms with Gasteiger partial charge in [-0.25, -0.2) is 0 Å². The molecule has 0 fully saturated rings. The van der Waals surface area contributed by atoms with E-state index in [1.54, 1.807) is 30.4 Å². The third-order valence-electron chi connectivity index (χ3n) is 2.83. The van der Waals surface area contributed by atoms with E-state index in [0.29, 0.717) is 34.2 Å². The molecule has 1 unspecified atom stereocenters. The van der Waals surface area contributed by atoms with Crippen LogP contribution in [0.25, 0.3) is 12.2 Å². The summed E-state index contributed by atoms with van der Waals surface area (Å²) >= 11 is 12.0. The molecular weight excluding hydrogens is 333 g/mol. The van der Waals surface area contributed by atoms with Crippen molar-refractivity contribution < 1.29 is 4.52 Å². The van der Waals surface area contributed by atoms with Crippen LogP contribution in [0.2, 0.25) is 10.0 Å². The monoisotopic (exact) mass is 347 g/mol. The maximum Gasteiger partial charge on any atom is 0.250 e. The second-order valence-electron chi connectivity index (χ2n) is 4.44. The summed E-state index contributed by atoms with van der Waals surface area (Å²) in [6.45, 7) is 2.05. The number of aromatic nitrogens is 2. The van der Waals surface area contributed by atoms with E-state index in [1.165, 1.54) is 0 Å². The standard InChI is InChI=1S/C14H15Cl2N3O.ClH/c1-9(17-2)7-13-18-14(20-19-13)6-3-10-8-11(15)4-5-12(10)16;/h3-6,8-9,17H,7H2,1-2H3;1H/b6-3+;. The lowest BCUT2D eigenvalue weighted by Crippen LogP contribution is -2.24. The van der Waals surface area contributed by atoms with Crippen molar-refractivity contribution in [3.63, 3.8) is 0 Å². The number of likely N-dealkylation sites (N-methyl/N-ethyl adjacent to an activating group) is 1. The molecule has 0 spiro atoms. The molecule has 1 aromatic carbocycles. The molecule has 21 heavy (non-hydrogen) atoms. The predicted octanol–water partition coefficient (Wildman–Crippen LogP) is 4.12. The van der Waals surface area contributed by atoms with Crippen LogP contribution in [0.1, 0.15) is 24.2 Å². The topological polar surface area (TPSA) is 51.0 Å². The van der Waals surface area contributed by atoms with Crippen LogP contribution in [0.5, 0.6) is 0 Å². The van der Waals surface area contributed by atoms with E-state index < -0.39 is 0 Å². The first-order valence-corrected chi connectivity index (χ1v) is 6.97. The van der Waals surface area contributed by atoms with Gasteiger partial charge in [0.15, 0.2) is 5.82 Å². The van der Waals surface area contributed by atoms with Crippen LogP contribution in [-0.2, 0) is 6.42 Å². The lowest BCUT2D eigenvalue weighted by atomic mass is 10.2. The van der Waals surface area contributed by atoms with E-state index in [1.807, 2.05) is 7.05 Å². The number of halogens is 3. The molecule has 0 saturated carbocycles. The predicted molar refractivity (Wildman–Crippen MR) is 89.2 cm³/mol. The smallest absolute Gasteiger partial charge is 0.250 e. The van der Waals surface area contributed by atoms with Gasteiger partial charge in [-0.15, -0.1) is 12.4 Å². The average molecular weight is 349 g/mol. The van der Waals surface area contributed by atoms with Gasteiger partial charge in [-0.05, 0) is 43.8 Å². The van der Waals surface area contributed by atoms with E-state index in [0.717, 1.165) is 5.56 Å². The summed E-state index contributed by atoms with van der Waals surface area (Å²) in [5.74, 6) is 1.11. The largest absolute Gasteiger partial charge is 0.335 e. The SMILES string of the molecule is CNC(C)Cc1noc(/C=C/c2cc(Cl)ccc2Cl)n1.Cl. The highest BCUT2D eigenvalue weighted by atomic mass is 35.5. The van der Waals surface area contributed by atoms with Gasteiger partial charge < -0.3 is 9.84 Å². The van der Waals surface area contributed by atoms with Crippen molar-refractivity contribution in [2.45, 2.75) is 19.4 Å². The molecule has 0 bridgehead atoms. The number of benzene rings is 1. The normalized spacial score (nSPS) is 12.4. The van der Waals surface area contributed by atoms with Crippen LogP contribution in [-0.4, -0.2) is 23.2 Å². The van der Waals surface area contributed by atoms with Gasteiger partial charge in [0, 0.05) is 28.6 Å². The van der Waals surface area contributed by atoms with Crippen LogP contribution in [0.4, 0.5) is 0 Å². The van der Waals surface area contributed by atoms with Crippen molar-refractivity contribution in [3.8, 4) is 0 Å². The Morgan fingerprint density at radius 3 is 2.81 bits per heavy atom. The van der Waals surface area contributed by atoms with Crippen LogP contribution < -0.4 is 5.32 Å². The zero-order valence-electron chi connectivity index (χ0n) is 11.6. The van der Waals surface area contributed by atoms with Crippen molar-refractivity contribution >= 4 is 47.8 Å². The first-order valence-electron chi connectivity index (χ1n) is 6.21.